The number of hydrogen-bond donors (Lipinski definition) is 0. The molecule has 0 aliphatic rings. The van der Waals surface area contributed by atoms with Gasteiger partial charge in [0.15, 0.2) is 0 Å². The molecule has 0 N–H and O–H groups in total. The van der Waals surface area contributed by atoms with E-state index in [-0.39, 0.29) is 0 Å². The van der Waals surface area contributed by atoms with Gasteiger partial charge in [0.1, 0.15) is 0 Å². The van der Waals surface area contributed by atoms with Crippen molar-refractivity contribution in [2.24, 2.45) is 4.51 Å². The van der Waals surface area contributed by atoms with Crippen LogP contribution in [0, 0.1) is 0 Å². The standard InChI is InChI=1S/C6H5ClN2/c7-9-5-6-3-1-2-4-8-6/h1-5H/b9-5+. The molecule has 0 bridgehead atoms. The van der Waals surface area contributed by atoms with E-state index in [1.54, 1.807) is 6.20 Å². The number of nitrogens with zero attached hydrogens (tertiary/aromatic N) is 2. The lowest BCUT2D eigenvalue weighted by atomic mass is 10.4. The first-order valence-corrected chi connectivity index (χ1v) is 2.82. The third-order valence-corrected chi connectivity index (χ3v) is 0.966. The Bertz CT molecular complexity index is 195. The van der Waals surface area contributed by atoms with Crippen molar-refractivity contribution in [1.82, 2.24) is 4.98 Å². The van der Waals surface area contributed by atoms with Gasteiger partial charge in [-0.05, 0) is 12.1 Å². The summed E-state index contributed by atoms with van der Waals surface area (Å²) in [5.41, 5.74) is 0.771. The Morgan fingerprint density at radius 1 is 1.56 bits per heavy atom. The van der Waals surface area contributed by atoms with Crippen LogP contribution < -0.4 is 0 Å². The fourth-order valence-corrected chi connectivity index (χ4v) is 0.602. The van der Waals surface area contributed by atoms with Gasteiger partial charge in [-0.3, -0.25) is 4.98 Å². The number of hydrogen-bond acceptors (Lipinski definition) is 2. The van der Waals surface area contributed by atoms with Crippen LogP contribution in [0.1, 0.15) is 5.69 Å². The third kappa shape index (κ3) is 1.82. The van der Waals surface area contributed by atoms with E-state index in [2.05, 4.69) is 9.50 Å². The van der Waals surface area contributed by atoms with Gasteiger partial charge in [-0.15, -0.1) is 0 Å². The highest BCUT2D eigenvalue weighted by Gasteiger charge is 1.81. The van der Waals surface area contributed by atoms with E-state index in [4.69, 9.17) is 11.8 Å². The molecule has 0 spiro atoms. The van der Waals surface area contributed by atoms with Crippen LogP contribution in [0.3, 0.4) is 0 Å². The largest absolute Gasteiger partial charge is 0.255 e. The van der Waals surface area contributed by atoms with E-state index in [9.17, 15) is 0 Å². The van der Waals surface area contributed by atoms with E-state index >= 15 is 0 Å². The molecule has 0 aliphatic carbocycles. The second-order valence-electron chi connectivity index (χ2n) is 1.48. The molecular formula is C6H5ClN2. The molecule has 0 aromatic carbocycles. The van der Waals surface area contributed by atoms with Crippen molar-refractivity contribution in [2.75, 3.05) is 0 Å². The minimum atomic E-state index is 0.771. The van der Waals surface area contributed by atoms with Gasteiger partial charge in [-0.25, -0.2) is 0 Å². The zero-order valence-electron chi connectivity index (χ0n) is 4.66. The van der Waals surface area contributed by atoms with Crippen LogP contribution in [-0.2, 0) is 0 Å². The van der Waals surface area contributed by atoms with E-state index < -0.39 is 0 Å². The van der Waals surface area contributed by atoms with Gasteiger partial charge in [-0.1, -0.05) is 6.07 Å². The van der Waals surface area contributed by atoms with Gasteiger partial charge < -0.3 is 0 Å². The van der Waals surface area contributed by atoms with Crippen LogP contribution in [0.5, 0.6) is 0 Å². The summed E-state index contributed by atoms with van der Waals surface area (Å²) in [6.45, 7) is 0. The fraction of sp³-hybridized carbons (Fsp3) is 0. The normalized spacial score (nSPS) is 10.3. The molecule has 1 aromatic heterocycles. The highest BCUT2D eigenvalue weighted by atomic mass is 35.5. The molecule has 2 nitrogen and oxygen atoms in total. The fourth-order valence-electron chi connectivity index (χ4n) is 0.502. The molecule has 0 saturated carbocycles. The minimum Gasteiger partial charge on any atom is -0.255 e. The molecule has 1 aromatic rings. The van der Waals surface area contributed by atoms with Gasteiger partial charge >= 0.3 is 0 Å². The molecule has 9 heavy (non-hydrogen) atoms. The Balaban J connectivity index is 2.85. The van der Waals surface area contributed by atoms with Crippen molar-refractivity contribution >= 4 is 18.0 Å². The highest BCUT2D eigenvalue weighted by Crippen LogP contribution is 1.88. The summed E-state index contributed by atoms with van der Waals surface area (Å²) < 4.78 is 3.29. The zero-order valence-corrected chi connectivity index (χ0v) is 5.42. The topological polar surface area (TPSA) is 25.2 Å². The molecule has 3 heteroatoms. The lowest BCUT2D eigenvalue weighted by molar-refractivity contribution is 1.30. The minimum absolute atomic E-state index is 0.771. The molecule has 0 aliphatic heterocycles. The van der Waals surface area contributed by atoms with Gasteiger partial charge in [0.25, 0.3) is 0 Å². The van der Waals surface area contributed by atoms with Crippen molar-refractivity contribution in [3.05, 3.63) is 30.1 Å². The number of halogens is 1. The van der Waals surface area contributed by atoms with Crippen LogP contribution in [-0.4, -0.2) is 11.2 Å². The van der Waals surface area contributed by atoms with Crippen LogP contribution in [0.2, 0.25) is 0 Å². The molecule has 0 radical (unpaired) electrons. The van der Waals surface area contributed by atoms with Gasteiger partial charge in [-0.2, -0.15) is 4.51 Å². The van der Waals surface area contributed by atoms with E-state index in [0.717, 1.165) is 5.69 Å². The smallest absolute Gasteiger partial charge is 0.0823 e. The Morgan fingerprint density at radius 3 is 3.00 bits per heavy atom. The average Bonchev–Trinajstić information content (AvgIpc) is 1.91. The Kier molecular flexibility index (Phi) is 2.22. The summed E-state index contributed by atoms with van der Waals surface area (Å²) in [4.78, 5) is 3.93. The number of pyridine rings is 1. The van der Waals surface area contributed by atoms with Crippen molar-refractivity contribution in [3.63, 3.8) is 0 Å². The predicted octanol–water partition coefficient (Wildman–Crippen LogP) is 1.65. The summed E-state index contributed by atoms with van der Waals surface area (Å²) >= 11 is 5.07. The maximum Gasteiger partial charge on any atom is 0.0823 e. The molecule has 0 amide bonds. The van der Waals surface area contributed by atoms with Crippen molar-refractivity contribution in [3.8, 4) is 0 Å². The number of rotatable bonds is 1. The number of aromatic nitrogens is 1. The van der Waals surface area contributed by atoms with Crippen LogP contribution in [0.15, 0.2) is 28.9 Å². The lowest BCUT2D eigenvalue weighted by Crippen LogP contribution is -1.81. The van der Waals surface area contributed by atoms with E-state index in [1.807, 2.05) is 18.2 Å². The monoisotopic (exact) mass is 140 g/mol. The third-order valence-electron chi connectivity index (χ3n) is 0.869. The highest BCUT2D eigenvalue weighted by molar-refractivity contribution is 6.18. The maximum absolute atomic E-state index is 5.07. The summed E-state index contributed by atoms with van der Waals surface area (Å²) in [7, 11) is 0. The molecular weight excluding hydrogens is 136 g/mol. The summed E-state index contributed by atoms with van der Waals surface area (Å²) in [5, 5.41) is 0. The molecule has 46 valence electrons. The zero-order chi connectivity index (χ0) is 6.53. The Hall–Kier alpha value is -0.890. The van der Waals surface area contributed by atoms with Crippen molar-refractivity contribution in [2.45, 2.75) is 0 Å². The first-order valence-electron chi connectivity index (χ1n) is 2.49. The van der Waals surface area contributed by atoms with Gasteiger partial charge in [0.05, 0.1) is 11.9 Å². The first-order chi connectivity index (χ1) is 4.43. The van der Waals surface area contributed by atoms with Gasteiger partial charge in [0.2, 0.25) is 0 Å². The quantitative estimate of drug-likeness (QED) is 0.545. The Labute approximate surface area is 58.3 Å². The second kappa shape index (κ2) is 3.20. The molecule has 0 unspecified atom stereocenters. The SMILES string of the molecule is Cl/N=C/c1ccccn1. The van der Waals surface area contributed by atoms with Crippen LogP contribution in [0.4, 0.5) is 0 Å². The lowest BCUT2D eigenvalue weighted by Gasteiger charge is -1.84. The molecule has 0 atom stereocenters. The maximum atomic E-state index is 5.07. The van der Waals surface area contributed by atoms with Crippen molar-refractivity contribution in [1.29, 1.82) is 0 Å². The van der Waals surface area contributed by atoms with Crippen LogP contribution >= 0.6 is 11.8 Å². The molecule has 1 rings (SSSR count). The summed E-state index contributed by atoms with van der Waals surface area (Å²) in [5.74, 6) is 0. The Morgan fingerprint density at radius 2 is 2.44 bits per heavy atom. The second-order valence-corrected chi connectivity index (χ2v) is 1.68. The summed E-state index contributed by atoms with van der Waals surface area (Å²) in [6, 6.07) is 5.54. The van der Waals surface area contributed by atoms with Crippen LogP contribution in [0.25, 0.3) is 0 Å². The summed E-state index contributed by atoms with van der Waals surface area (Å²) in [6.07, 6.45) is 3.18. The van der Waals surface area contributed by atoms with Crippen molar-refractivity contribution < 1.29 is 0 Å². The van der Waals surface area contributed by atoms with E-state index in [0.29, 0.717) is 0 Å². The van der Waals surface area contributed by atoms with Gasteiger partial charge in [0, 0.05) is 18.0 Å². The molecule has 0 fully saturated rings. The average molecular weight is 141 g/mol. The van der Waals surface area contributed by atoms with E-state index in [1.165, 1.54) is 6.21 Å². The predicted molar refractivity (Wildman–Crippen MR) is 37.7 cm³/mol. The molecule has 1 heterocycles. The first kappa shape index (κ1) is 6.23. The molecule has 0 saturated heterocycles.